The summed E-state index contributed by atoms with van der Waals surface area (Å²) in [4.78, 5) is 12.2. The number of hydrogen-bond acceptors (Lipinski definition) is 7. The number of rotatable bonds is 7. The summed E-state index contributed by atoms with van der Waals surface area (Å²) in [6, 6.07) is 2.22. The summed E-state index contributed by atoms with van der Waals surface area (Å²) < 4.78 is 7.19. The van der Waals surface area contributed by atoms with Crippen LogP contribution in [0.2, 0.25) is 0 Å². The average Bonchev–Trinajstić information content (AvgIpc) is 2.88. The normalized spacial score (nSPS) is 12.1. The third-order valence-corrected chi connectivity index (χ3v) is 2.46. The van der Waals surface area contributed by atoms with Crippen LogP contribution < -0.4 is 15.8 Å². The highest BCUT2D eigenvalue weighted by molar-refractivity contribution is 5.33. The zero-order valence-electron chi connectivity index (χ0n) is 11.7. The molecular weight excluding hydrogens is 258 g/mol. The summed E-state index contributed by atoms with van der Waals surface area (Å²) in [6.45, 7) is 5.26. The van der Waals surface area contributed by atoms with E-state index in [2.05, 4.69) is 25.4 Å². The molecule has 20 heavy (non-hydrogen) atoms. The second-order valence-electron chi connectivity index (χ2n) is 4.42. The molecule has 8 nitrogen and oxygen atoms in total. The van der Waals surface area contributed by atoms with Crippen LogP contribution in [-0.4, -0.2) is 37.4 Å². The minimum absolute atomic E-state index is 0.0933. The van der Waals surface area contributed by atoms with Crippen molar-refractivity contribution in [3.8, 4) is 6.01 Å². The number of nitrogens with zero attached hydrogens (tertiary/aromatic N) is 5. The maximum atomic E-state index is 5.64. The molecule has 0 aliphatic carbocycles. The topological polar surface area (TPSA) is 104 Å². The molecule has 0 bridgehead atoms. The van der Waals surface area contributed by atoms with E-state index in [1.165, 1.54) is 0 Å². The minimum Gasteiger partial charge on any atom is -0.463 e. The van der Waals surface area contributed by atoms with E-state index < -0.39 is 0 Å². The predicted octanol–water partition coefficient (Wildman–Crippen LogP) is 0.940. The van der Waals surface area contributed by atoms with Gasteiger partial charge in [0.2, 0.25) is 11.9 Å². The first-order valence-electron chi connectivity index (χ1n) is 6.55. The highest BCUT2D eigenvalue weighted by Crippen LogP contribution is 2.10. The lowest BCUT2D eigenvalue weighted by atomic mass is 10.3. The first kappa shape index (κ1) is 14.0. The Morgan fingerprint density at radius 1 is 1.40 bits per heavy atom. The highest BCUT2D eigenvalue weighted by atomic mass is 16.5. The van der Waals surface area contributed by atoms with Crippen LogP contribution >= 0.6 is 0 Å². The SMILES string of the molecule is CCCOc1nc(N)nc(NC(C)Cn2cccn2)n1. The van der Waals surface area contributed by atoms with Gasteiger partial charge in [0, 0.05) is 18.4 Å². The van der Waals surface area contributed by atoms with E-state index in [0.29, 0.717) is 19.1 Å². The number of nitrogen functional groups attached to an aromatic ring is 1. The summed E-state index contributed by atoms with van der Waals surface area (Å²) in [7, 11) is 0. The van der Waals surface area contributed by atoms with Gasteiger partial charge in [0.05, 0.1) is 13.2 Å². The molecule has 1 atom stereocenters. The molecule has 108 valence electrons. The molecule has 0 radical (unpaired) electrons. The Morgan fingerprint density at radius 2 is 2.25 bits per heavy atom. The number of aromatic nitrogens is 5. The number of nitrogens with two attached hydrogens (primary N) is 1. The van der Waals surface area contributed by atoms with Gasteiger partial charge in [0.15, 0.2) is 0 Å². The van der Waals surface area contributed by atoms with Crippen LogP contribution in [0.5, 0.6) is 6.01 Å². The molecular formula is C12H19N7O. The van der Waals surface area contributed by atoms with Gasteiger partial charge in [-0.1, -0.05) is 6.92 Å². The molecule has 0 amide bonds. The first-order valence-corrected chi connectivity index (χ1v) is 6.55. The maximum absolute atomic E-state index is 5.64. The Morgan fingerprint density at radius 3 is 2.95 bits per heavy atom. The standard InChI is InChI=1S/C12H19N7O/c1-3-7-20-12-17-10(13)16-11(18-12)15-9(2)8-19-6-4-5-14-19/h4-6,9H,3,7-8H2,1-2H3,(H3,13,15,16,17,18). The van der Waals surface area contributed by atoms with Gasteiger partial charge in [-0.3, -0.25) is 4.68 Å². The molecule has 0 spiro atoms. The highest BCUT2D eigenvalue weighted by Gasteiger charge is 2.09. The van der Waals surface area contributed by atoms with Crippen molar-refractivity contribution in [3.05, 3.63) is 18.5 Å². The summed E-state index contributed by atoms with van der Waals surface area (Å²) in [6.07, 6.45) is 4.52. The number of hydrogen-bond donors (Lipinski definition) is 2. The van der Waals surface area contributed by atoms with Gasteiger partial charge in [0.1, 0.15) is 0 Å². The van der Waals surface area contributed by atoms with E-state index in [-0.39, 0.29) is 18.0 Å². The lowest BCUT2D eigenvalue weighted by molar-refractivity contribution is 0.292. The van der Waals surface area contributed by atoms with Gasteiger partial charge < -0.3 is 15.8 Å². The number of anilines is 2. The van der Waals surface area contributed by atoms with Gasteiger partial charge in [-0.25, -0.2) is 0 Å². The molecule has 2 heterocycles. The Balaban J connectivity index is 1.98. The summed E-state index contributed by atoms with van der Waals surface area (Å²) in [5.41, 5.74) is 5.64. The fourth-order valence-corrected chi connectivity index (χ4v) is 1.65. The largest absolute Gasteiger partial charge is 0.463 e. The van der Waals surface area contributed by atoms with Gasteiger partial charge in [-0.2, -0.15) is 20.1 Å². The average molecular weight is 277 g/mol. The van der Waals surface area contributed by atoms with E-state index in [1.54, 1.807) is 6.20 Å². The molecule has 8 heteroatoms. The molecule has 2 aromatic rings. The van der Waals surface area contributed by atoms with Gasteiger partial charge in [0.25, 0.3) is 0 Å². The molecule has 0 aliphatic heterocycles. The van der Waals surface area contributed by atoms with Crippen LogP contribution in [0.15, 0.2) is 18.5 Å². The predicted molar refractivity (Wildman–Crippen MR) is 75.3 cm³/mol. The quantitative estimate of drug-likeness (QED) is 0.776. The summed E-state index contributed by atoms with van der Waals surface area (Å²) in [5.74, 6) is 0.545. The zero-order valence-corrected chi connectivity index (χ0v) is 11.7. The lowest BCUT2D eigenvalue weighted by Crippen LogP contribution is -2.24. The third kappa shape index (κ3) is 4.08. The first-order chi connectivity index (χ1) is 9.67. The van der Waals surface area contributed by atoms with Crippen LogP contribution in [0.1, 0.15) is 20.3 Å². The van der Waals surface area contributed by atoms with Crippen molar-refractivity contribution < 1.29 is 4.74 Å². The van der Waals surface area contributed by atoms with E-state index >= 15 is 0 Å². The molecule has 0 saturated carbocycles. The molecule has 0 aromatic carbocycles. The van der Waals surface area contributed by atoms with Gasteiger partial charge >= 0.3 is 6.01 Å². The molecule has 0 fully saturated rings. The molecule has 2 rings (SSSR count). The van der Waals surface area contributed by atoms with Crippen LogP contribution in [0.3, 0.4) is 0 Å². The summed E-state index contributed by atoms with van der Waals surface area (Å²) >= 11 is 0. The Labute approximate surface area is 117 Å². The van der Waals surface area contributed by atoms with E-state index in [1.807, 2.05) is 30.8 Å². The van der Waals surface area contributed by atoms with E-state index in [4.69, 9.17) is 10.5 Å². The van der Waals surface area contributed by atoms with Crippen molar-refractivity contribution in [2.75, 3.05) is 17.7 Å². The molecule has 3 N–H and O–H groups in total. The fraction of sp³-hybridized carbons (Fsp3) is 0.500. The van der Waals surface area contributed by atoms with E-state index in [9.17, 15) is 0 Å². The van der Waals surface area contributed by atoms with Crippen LogP contribution in [0.4, 0.5) is 11.9 Å². The number of nitrogens with one attached hydrogen (secondary N) is 1. The van der Waals surface area contributed by atoms with Crippen molar-refractivity contribution in [1.29, 1.82) is 0 Å². The molecule has 0 aliphatic rings. The fourth-order valence-electron chi connectivity index (χ4n) is 1.65. The third-order valence-electron chi connectivity index (χ3n) is 2.46. The van der Waals surface area contributed by atoms with Crippen LogP contribution in [0, 0.1) is 0 Å². The Bertz CT molecular complexity index is 529. The van der Waals surface area contributed by atoms with Gasteiger partial charge in [-0.15, -0.1) is 0 Å². The second kappa shape index (κ2) is 6.69. The van der Waals surface area contributed by atoms with Crippen molar-refractivity contribution in [3.63, 3.8) is 0 Å². The van der Waals surface area contributed by atoms with Crippen molar-refractivity contribution in [1.82, 2.24) is 24.7 Å². The van der Waals surface area contributed by atoms with Crippen molar-refractivity contribution in [2.24, 2.45) is 0 Å². The molecule has 0 saturated heterocycles. The Hall–Kier alpha value is -2.38. The second-order valence-corrected chi connectivity index (χ2v) is 4.42. The monoisotopic (exact) mass is 277 g/mol. The van der Waals surface area contributed by atoms with Crippen molar-refractivity contribution in [2.45, 2.75) is 32.9 Å². The van der Waals surface area contributed by atoms with Gasteiger partial charge in [-0.05, 0) is 19.4 Å². The summed E-state index contributed by atoms with van der Waals surface area (Å²) in [5, 5.41) is 7.30. The van der Waals surface area contributed by atoms with Crippen molar-refractivity contribution >= 4 is 11.9 Å². The Kier molecular flexibility index (Phi) is 4.70. The lowest BCUT2D eigenvalue weighted by Gasteiger charge is -2.14. The number of ether oxygens (including phenoxy) is 1. The van der Waals surface area contributed by atoms with Crippen LogP contribution in [0.25, 0.3) is 0 Å². The smallest absolute Gasteiger partial charge is 0.323 e. The molecule has 1 unspecified atom stereocenters. The molecule has 2 aromatic heterocycles. The van der Waals surface area contributed by atoms with E-state index in [0.717, 1.165) is 6.42 Å². The minimum atomic E-state index is 0.0933. The zero-order chi connectivity index (χ0) is 14.4. The maximum Gasteiger partial charge on any atom is 0.323 e. The van der Waals surface area contributed by atoms with Crippen LogP contribution in [-0.2, 0) is 6.54 Å².